The molecule has 2 aromatic rings. The third-order valence-electron chi connectivity index (χ3n) is 7.47. The molecule has 5 nitrogen and oxygen atoms in total. The second-order valence-corrected chi connectivity index (χ2v) is 10.1. The van der Waals surface area contributed by atoms with Crippen LogP contribution in [-0.4, -0.2) is 43.8 Å². The van der Waals surface area contributed by atoms with E-state index in [0.29, 0.717) is 11.7 Å². The summed E-state index contributed by atoms with van der Waals surface area (Å²) < 4.78 is 24.9. The lowest BCUT2D eigenvalue weighted by atomic mass is 9.85. The Morgan fingerprint density at radius 2 is 1.94 bits per heavy atom. The molecule has 2 bridgehead atoms. The summed E-state index contributed by atoms with van der Waals surface area (Å²) in [5.41, 5.74) is 4.00. The number of hydrogen-bond donors (Lipinski definition) is 1. The maximum atomic E-state index is 13.6. The molecule has 170 valence electrons. The van der Waals surface area contributed by atoms with Crippen LogP contribution in [0.25, 0.3) is 11.1 Å². The normalized spacial score (nSPS) is 27.6. The maximum Gasteiger partial charge on any atom is 0.407 e. The van der Waals surface area contributed by atoms with Gasteiger partial charge in [-0.2, -0.15) is 0 Å². The molecule has 4 aliphatic rings. The van der Waals surface area contributed by atoms with Crippen LogP contribution < -0.4 is 10.1 Å². The molecule has 0 spiro atoms. The summed E-state index contributed by atoms with van der Waals surface area (Å²) in [5.74, 6) is 0.680. The van der Waals surface area contributed by atoms with Gasteiger partial charge in [0.15, 0.2) is 0 Å². The summed E-state index contributed by atoms with van der Waals surface area (Å²) in [6, 6.07) is 10.7. The topological polar surface area (TPSA) is 50.8 Å². The van der Waals surface area contributed by atoms with E-state index in [4.69, 9.17) is 9.47 Å². The van der Waals surface area contributed by atoms with Gasteiger partial charge in [-0.15, -0.1) is 0 Å². The molecule has 2 aromatic carbocycles. The van der Waals surface area contributed by atoms with Crippen molar-refractivity contribution in [3.8, 4) is 16.9 Å². The average Bonchev–Trinajstić information content (AvgIpc) is 3.03. The summed E-state index contributed by atoms with van der Waals surface area (Å²) in [6.45, 7) is 7.44. The minimum atomic E-state index is -0.321. The third kappa shape index (κ3) is 3.85. The minimum Gasteiger partial charge on any atom is -0.496 e. The molecule has 3 heterocycles. The SMILES string of the molecule is COc1cc(F)ccc1-c1ccc2c(c1)CC(C)(C)C2NC(=O)O[C@@H]1CN2CCC1CC2. The van der Waals surface area contributed by atoms with E-state index >= 15 is 0 Å². The van der Waals surface area contributed by atoms with Crippen LogP contribution in [0.4, 0.5) is 9.18 Å². The lowest BCUT2D eigenvalue weighted by Crippen LogP contribution is -2.53. The Morgan fingerprint density at radius 3 is 2.62 bits per heavy atom. The molecule has 0 aromatic heterocycles. The van der Waals surface area contributed by atoms with Crippen molar-refractivity contribution in [1.29, 1.82) is 0 Å². The zero-order valence-electron chi connectivity index (χ0n) is 19.0. The number of amides is 1. The van der Waals surface area contributed by atoms with Gasteiger partial charge in [-0.1, -0.05) is 32.0 Å². The van der Waals surface area contributed by atoms with Gasteiger partial charge < -0.3 is 14.8 Å². The molecule has 6 rings (SSSR count). The highest BCUT2D eigenvalue weighted by Crippen LogP contribution is 2.47. The number of piperidine rings is 3. The van der Waals surface area contributed by atoms with Crippen LogP contribution in [-0.2, 0) is 11.2 Å². The number of nitrogens with zero attached hydrogens (tertiary/aromatic N) is 1. The number of benzene rings is 2. The van der Waals surface area contributed by atoms with Gasteiger partial charge in [0.1, 0.15) is 17.7 Å². The van der Waals surface area contributed by atoms with Crippen LogP contribution in [0.15, 0.2) is 36.4 Å². The van der Waals surface area contributed by atoms with Gasteiger partial charge in [0.25, 0.3) is 0 Å². The van der Waals surface area contributed by atoms with Crippen LogP contribution in [0.2, 0.25) is 0 Å². The van der Waals surface area contributed by atoms with E-state index in [9.17, 15) is 9.18 Å². The quantitative estimate of drug-likeness (QED) is 0.734. The zero-order valence-corrected chi connectivity index (χ0v) is 19.0. The molecule has 32 heavy (non-hydrogen) atoms. The summed E-state index contributed by atoms with van der Waals surface area (Å²) in [6.07, 6.45) is 2.75. The predicted molar refractivity (Wildman–Crippen MR) is 121 cm³/mol. The van der Waals surface area contributed by atoms with Crippen LogP contribution in [0.3, 0.4) is 0 Å². The number of fused-ring (bicyclic) bond motifs is 4. The number of carbonyl (C=O) groups is 1. The van der Waals surface area contributed by atoms with Crippen molar-refractivity contribution in [1.82, 2.24) is 10.2 Å². The first-order chi connectivity index (χ1) is 15.3. The molecule has 0 saturated carbocycles. The number of hydrogen-bond acceptors (Lipinski definition) is 4. The molecule has 1 unspecified atom stereocenters. The van der Waals surface area contributed by atoms with Crippen molar-refractivity contribution in [2.75, 3.05) is 26.7 Å². The monoisotopic (exact) mass is 438 g/mol. The smallest absolute Gasteiger partial charge is 0.407 e. The van der Waals surface area contributed by atoms with E-state index < -0.39 is 0 Å². The second kappa shape index (κ2) is 8.07. The number of nitrogens with one attached hydrogen (secondary N) is 1. The van der Waals surface area contributed by atoms with Crippen LogP contribution in [0.5, 0.6) is 5.75 Å². The van der Waals surface area contributed by atoms with Gasteiger partial charge in [-0.3, -0.25) is 4.90 Å². The molecular weight excluding hydrogens is 407 g/mol. The Kier molecular flexibility index (Phi) is 5.36. The number of halogens is 1. The first-order valence-electron chi connectivity index (χ1n) is 11.5. The van der Waals surface area contributed by atoms with Gasteiger partial charge in [0, 0.05) is 18.2 Å². The van der Waals surface area contributed by atoms with Gasteiger partial charge in [-0.25, -0.2) is 9.18 Å². The Hall–Kier alpha value is -2.60. The number of rotatable bonds is 4. The number of carbonyl (C=O) groups excluding carboxylic acids is 1. The second-order valence-electron chi connectivity index (χ2n) is 10.1. The Labute approximate surface area is 188 Å². The van der Waals surface area contributed by atoms with Gasteiger partial charge in [-0.05, 0) is 72.5 Å². The lowest BCUT2D eigenvalue weighted by molar-refractivity contribution is -0.0348. The fourth-order valence-electron chi connectivity index (χ4n) is 5.73. The highest BCUT2D eigenvalue weighted by Gasteiger charge is 2.42. The van der Waals surface area contributed by atoms with E-state index in [0.717, 1.165) is 55.6 Å². The fourth-order valence-corrected chi connectivity index (χ4v) is 5.73. The van der Waals surface area contributed by atoms with Crippen molar-refractivity contribution in [2.24, 2.45) is 11.3 Å². The Balaban J connectivity index is 1.35. The molecule has 0 radical (unpaired) electrons. The van der Waals surface area contributed by atoms with Crippen LogP contribution in [0, 0.1) is 17.2 Å². The van der Waals surface area contributed by atoms with Crippen molar-refractivity contribution in [3.05, 3.63) is 53.3 Å². The highest BCUT2D eigenvalue weighted by atomic mass is 19.1. The van der Waals surface area contributed by atoms with E-state index in [1.54, 1.807) is 13.2 Å². The maximum absolute atomic E-state index is 13.6. The van der Waals surface area contributed by atoms with Crippen molar-refractivity contribution in [3.63, 3.8) is 0 Å². The van der Waals surface area contributed by atoms with E-state index in [1.807, 2.05) is 6.07 Å². The van der Waals surface area contributed by atoms with Crippen molar-refractivity contribution < 1.29 is 18.7 Å². The summed E-state index contributed by atoms with van der Waals surface area (Å²) in [5, 5.41) is 3.17. The van der Waals surface area contributed by atoms with E-state index in [2.05, 4.69) is 36.2 Å². The van der Waals surface area contributed by atoms with Gasteiger partial charge >= 0.3 is 6.09 Å². The van der Waals surface area contributed by atoms with E-state index in [1.165, 1.54) is 17.7 Å². The van der Waals surface area contributed by atoms with Crippen molar-refractivity contribution >= 4 is 6.09 Å². The van der Waals surface area contributed by atoms with Crippen molar-refractivity contribution in [2.45, 2.75) is 45.3 Å². The largest absolute Gasteiger partial charge is 0.496 e. The molecule has 6 heteroatoms. The van der Waals surface area contributed by atoms with Crippen LogP contribution in [0.1, 0.15) is 43.9 Å². The van der Waals surface area contributed by atoms with Crippen LogP contribution >= 0.6 is 0 Å². The summed E-state index contributed by atoms with van der Waals surface area (Å²) in [4.78, 5) is 15.2. The molecule has 3 fully saturated rings. The molecule has 2 atom stereocenters. The molecule has 1 aliphatic carbocycles. The Bertz CT molecular complexity index is 1030. The molecular formula is C26H31FN2O3. The first-order valence-corrected chi connectivity index (χ1v) is 11.5. The molecule has 3 saturated heterocycles. The number of methoxy groups -OCH3 is 1. The zero-order chi connectivity index (χ0) is 22.5. The predicted octanol–water partition coefficient (Wildman–Crippen LogP) is 4.95. The Morgan fingerprint density at radius 1 is 1.16 bits per heavy atom. The van der Waals surface area contributed by atoms with Gasteiger partial charge in [0.2, 0.25) is 0 Å². The standard InChI is InChI=1S/C26H31FN2O3/c1-26(2)14-18-12-17(20-7-5-19(27)13-22(20)31-3)4-6-21(18)24(26)28-25(30)32-23-15-29-10-8-16(23)9-11-29/h4-7,12-13,16,23-24H,8-11,14-15H2,1-3H3,(H,28,30)/t23-,24?/m1/s1. The minimum absolute atomic E-state index is 0.00481. The highest BCUT2D eigenvalue weighted by molar-refractivity contribution is 5.73. The van der Waals surface area contributed by atoms with E-state index in [-0.39, 0.29) is 29.5 Å². The molecule has 1 N–H and O–H groups in total. The van der Waals surface area contributed by atoms with Gasteiger partial charge in [0.05, 0.1) is 13.2 Å². The lowest BCUT2D eigenvalue weighted by Gasteiger charge is -2.44. The number of alkyl carbamates (subject to hydrolysis) is 1. The molecule has 1 amide bonds. The average molecular weight is 439 g/mol. The fraction of sp³-hybridized carbons (Fsp3) is 0.500. The number of ether oxygens (including phenoxy) is 2. The summed E-state index contributed by atoms with van der Waals surface area (Å²) in [7, 11) is 1.55. The summed E-state index contributed by atoms with van der Waals surface area (Å²) >= 11 is 0. The molecule has 3 aliphatic heterocycles. The first kappa shape index (κ1) is 21.3. The third-order valence-corrected chi connectivity index (χ3v) is 7.47.